The Morgan fingerprint density at radius 3 is 2.86 bits per heavy atom. The van der Waals surface area contributed by atoms with Gasteiger partial charge in [0.15, 0.2) is 0 Å². The molecule has 1 N–H and O–H groups in total. The molecule has 3 aromatic rings. The first-order valence-electron chi connectivity index (χ1n) is 9.54. The quantitative estimate of drug-likeness (QED) is 0.737. The first kappa shape index (κ1) is 18.2. The number of nitrogens with zero attached hydrogens (tertiary/aromatic N) is 3. The van der Waals surface area contributed by atoms with Crippen LogP contribution in [0.15, 0.2) is 48.9 Å². The number of rotatable bonds is 5. The summed E-state index contributed by atoms with van der Waals surface area (Å²) in [5.74, 6) is 0.983. The SMILES string of the molecule is COc1ccc(CC(=O)N2CCC[C@H]2c2[nH]ncc2-c2ccncc2)cc1C. The van der Waals surface area contributed by atoms with Crippen LogP contribution in [0.25, 0.3) is 11.1 Å². The largest absolute Gasteiger partial charge is 0.496 e. The monoisotopic (exact) mass is 376 g/mol. The number of methoxy groups -OCH3 is 1. The number of carbonyl (C=O) groups excluding carboxylic acids is 1. The predicted octanol–water partition coefficient (Wildman–Crippen LogP) is 3.69. The van der Waals surface area contributed by atoms with Crippen molar-refractivity contribution in [2.75, 3.05) is 13.7 Å². The summed E-state index contributed by atoms with van der Waals surface area (Å²) in [4.78, 5) is 19.2. The summed E-state index contributed by atoms with van der Waals surface area (Å²) in [6.07, 6.45) is 7.70. The molecular weight excluding hydrogens is 352 g/mol. The molecule has 6 heteroatoms. The minimum absolute atomic E-state index is 0.0255. The highest BCUT2D eigenvalue weighted by Crippen LogP contribution is 2.36. The van der Waals surface area contributed by atoms with Crippen LogP contribution < -0.4 is 4.74 Å². The van der Waals surface area contributed by atoms with Crippen LogP contribution in [-0.4, -0.2) is 39.6 Å². The highest BCUT2D eigenvalue weighted by molar-refractivity contribution is 5.80. The number of hydrogen-bond acceptors (Lipinski definition) is 4. The van der Waals surface area contributed by atoms with E-state index in [1.165, 1.54) is 0 Å². The van der Waals surface area contributed by atoms with Gasteiger partial charge in [-0.3, -0.25) is 14.9 Å². The molecule has 1 saturated heterocycles. The van der Waals surface area contributed by atoms with Gasteiger partial charge in [-0.1, -0.05) is 12.1 Å². The highest BCUT2D eigenvalue weighted by Gasteiger charge is 2.32. The van der Waals surface area contributed by atoms with Crippen LogP contribution in [-0.2, 0) is 11.2 Å². The van der Waals surface area contributed by atoms with Gasteiger partial charge in [0.05, 0.1) is 31.5 Å². The lowest BCUT2D eigenvalue weighted by atomic mass is 10.0. The topological polar surface area (TPSA) is 71.1 Å². The fourth-order valence-electron chi connectivity index (χ4n) is 4.00. The lowest BCUT2D eigenvalue weighted by molar-refractivity contribution is -0.131. The molecule has 1 fully saturated rings. The van der Waals surface area contributed by atoms with Gasteiger partial charge in [0.1, 0.15) is 5.75 Å². The number of amides is 1. The van der Waals surface area contributed by atoms with Crippen molar-refractivity contribution in [2.24, 2.45) is 0 Å². The van der Waals surface area contributed by atoms with Crippen molar-refractivity contribution >= 4 is 5.91 Å². The summed E-state index contributed by atoms with van der Waals surface area (Å²) in [6, 6.07) is 9.88. The van der Waals surface area contributed by atoms with Crippen molar-refractivity contribution in [3.05, 3.63) is 65.7 Å². The van der Waals surface area contributed by atoms with E-state index in [-0.39, 0.29) is 11.9 Å². The van der Waals surface area contributed by atoms with Crippen LogP contribution in [0.2, 0.25) is 0 Å². The zero-order chi connectivity index (χ0) is 19.5. The number of aromatic amines is 1. The number of H-pyrrole nitrogens is 1. The standard InChI is InChI=1S/C22H24N4O2/c1-15-12-16(5-6-20(15)28-2)13-21(27)26-11-3-4-19(26)22-18(14-24-25-22)17-7-9-23-10-8-17/h5-10,12,14,19H,3-4,11,13H2,1-2H3,(H,24,25)/t19-/m0/s1. The first-order valence-corrected chi connectivity index (χ1v) is 9.54. The van der Waals surface area contributed by atoms with Gasteiger partial charge < -0.3 is 9.64 Å². The van der Waals surface area contributed by atoms with Crippen LogP contribution in [0.5, 0.6) is 5.75 Å². The molecule has 1 amide bonds. The molecule has 2 aromatic heterocycles. The molecule has 0 radical (unpaired) electrons. The number of likely N-dealkylation sites (tertiary alicyclic amines) is 1. The lowest BCUT2D eigenvalue weighted by Crippen LogP contribution is -2.32. The number of hydrogen-bond donors (Lipinski definition) is 1. The Balaban J connectivity index is 1.55. The second-order valence-corrected chi connectivity index (χ2v) is 7.16. The molecule has 1 aliphatic heterocycles. The van der Waals surface area contributed by atoms with Gasteiger partial charge >= 0.3 is 0 Å². The maximum Gasteiger partial charge on any atom is 0.227 e. The number of aromatic nitrogens is 3. The summed E-state index contributed by atoms with van der Waals surface area (Å²) >= 11 is 0. The smallest absolute Gasteiger partial charge is 0.227 e. The van der Waals surface area contributed by atoms with E-state index in [0.717, 1.165) is 53.1 Å². The molecule has 6 nitrogen and oxygen atoms in total. The molecule has 144 valence electrons. The van der Waals surface area contributed by atoms with Gasteiger partial charge in [-0.15, -0.1) is 0 Å². The van der Waals surface area contributed by atoms with Crippen LogP contribution in [0.1, 0.15) is 35.7 Å². The van der Waals surface area contributed by atoms with Crippen LogP contribution in [0.4, 0.5) is 0 Å². The molecule has 0 spiro atoms. The minimum atomic E-state index is 0.0255. The number of aryl methyl sites for hydroxylation is 1. The number of nitrogens with one attached hydrogen (secondary N) is 1. The van der Waals surface area contributed by atoms with E-state index in [1.54, 1.807) is 19.5 Å². The summed E-state index contributed by atoms with van der Waals surface area (Å²) in [6.45, 7) is 2.77. The molecule has 0 saturated carbocycles. The fraction of sp³-hybridized carbons (Fsp3) is 0.318. The number of ether oxygens (including phenoxy) is 1. The van der Waals surface area contributed by atoms with E-state index < -0.39 is 0 Å². The van der Waals surface area contributed by atoms with Crippen LogP contribution in [0.3, 0.4) is 0 Å². The molecule has 0 bridgehead atoms. The van der Waals surface area contributed by atoms with Crippen molar-refractivity contribution in [1.29, 1.82) is 0 Å². The molecule has 28 heavy (non-hydrogen) atoms. The third-order valence-corrected chi connectivity index (χ3v) is 5.38. The Bertz CT molecular complexity index is 968. The average molecular weight is 376 g/mol. The Hall–Kier alpha value is -3.15. The maximum atomic E-state index is 13.1. The molecular formula is C22H24N4O2. The van der Waals surface area contributed by atoms with Gasteiger partial charge in [0, 0.05) is 24.5 Å². The third-order valence-electron chi connectivity index (χ3n) is 5.38. The first-order chi connectivity index (χ1) is 13.7. The van der Waals surface area contributed by atoms with Gasteiger partial charge in [0.2, 0.25) is 5.91 Å². The van der Waals surface area contributed by atoms with Crippen molar-refractivity contribution in [3.8, 4) is 16.9 Å². The van der Waals surface area contributed by atoms with E-state index >= 15 is 0 Å². The molecule has 1 aromatic carbocycles. The van der Waals surface area contributed by atoms with E-state index in [4.69, 9.17) is 4.74 Å². The van der Waals surface area contributed by atoms with Gasteiger partial charge in [0.25, 0.3) is 0 Å². The van der Waals surface area contributed by atoms with E-state index in [2.05, 4.69) is 15.2 Å². The molecule has 1 aliphatic rings. The minimum Gasteiger partial charge on any atom is -0.496 e. The van der Waals surface area contributed by atoms with Crippen LogP contribution in [0, 0.1) is 6.92 Å². The van der Waals surface area contributed by atoms with Crippen LogP contribution >= 0.6 is 0 Å². The fourth-order valence-corrected chi connectivity index (χ4v) is 4.00. The Morgan fingerprint density at radius 2 is 2.11 bits per heavy atom. The van der Waals surface area contributed by atoms with Crippen molar-refractivity contribution in [2.45, 2.75) is 32.2 Å². The molecule has 0 aliphatic carbocycles. The average Bonchev–Trinajstić information content (AvgIpc) is 3.38. The summed E-state index contributed by atoms with van der Waals surface area (Å²) < 4.78 is 5.32. The molecule has 0 unspecified atom stereocenters. The zero-order valence-corrected chi connectivity index (χ0v) is 16.2. The lowest BCUT2D eigenvalue weighted by Gasteiger charge is -2.25. The normalized spacial score (nSPS) is 16.4. The summed E-state index contributed by atoms with van der Waals surface area (Å²) in [7, 11) is 1.66. The Labute approximate surface area is 164 Å². The van der Waals surface area contributed by atoms with Crippen molar-refractivity contribution < 1.29 is 9.53 Å². The van der Waals surface area contributed by atoms with Crippen molar-refractivity contribution in [1.82, 2.24) is 20.1 Å². The second-order valence-electron chi connectivity index (χ2n) is 7.16. The predicted molar refractivity (Wildman–Crippen MR) is 107 cm³/mol. The van der Waals surface area contributed by atoms with E-state index in [0.29, 0.717) is 6.42 Å². The zero-order valence-electron chi connectivity index (χ0n) is 16.2. The van der Waals surface area contributed by atoms with E-state index in [9.17, 15) is 4.79 Å². The van der Waals surface area contributed by atoms with E-state index in [1.807, 2.05) is 48.4 Å². The summed E-state index contributed by atoms with van der Waals surface area (Å²) in [5.41, 5.74) is 5.14. The van der Waals surface area contributed by atoms with Crippen molar-refractivity contribution in [3.63, 3.8) is 0 Å². The Morgan fingerprint density at radius 1 is 1.29 bits per heavy atom. The second kappa shape index (κ2) is 7.84. The summed E-state index contributed by atoms with van der Waals surface area (Å²) in [5, 5.41) is 7.39. The molecule has 4 rings (SSSR count). The van der Waals surface area contributed by atoms with Gasteiger partial charge in [-0.05, 0) is 54.7 Å². The number of carbonyl (C=O) groups is 1. The third kappa shape index (κ3) is 3.50. The highest BCUT2D eigenvalue weighted by atomic mass is 16.5. The Kier molecular flexibility index (Phi) is 5.10. The molecule has 1 atom stereocenters. The van der Waals surface area contributed by atoms with Gasteiger partial charge in [-0.2, -0.15) is 5.10 Å². The van der Waals surface area contributed by atoms with Gasteiger partial charge in [-0.25, -0.2) is 0 Å². The molecule has 3 heterocycles. The maximum absolute atomic E-state index is 13.1. The number of benzene rings is 1. The number of pyridine rings is 1.